The Balaban J connectivity index is 1.60. The van der Waals surface area contributed by atoms with Crippen molar-refractivity contribution in [1.82, 2.24) is 19.8 Å². The highest BCUT2D eigenvalue weighted by Crippen LogP contribution is 2.26. The molecule has 1 aliphatic carbocycles. The van der Waals surface area contributed by atoms with Crippen LogP contribution in [0.25, 0.3) is 17.0 Å². The third kappa shape index (κ3) is 3.19. The molecule has 6 nitrogen and oxygen atoms in total. The van der Waals surface area contributed by atoms with Crippen LogP contribution in [0, 0.1) is 11.7 Å². The summed E-state index contributed by atoms with van der Waals surface area (Å²) in [6.07, 6.45) is 4.05. The maximum atomic E-state index is 14.1. The van der Waals surface area contributed by atoms with Crippen molar-refractivity contribution in [2.45, 2.75) is 31.7 Å². The summed E-state index contributed by atoms with van der Waals surface area (Å²) in [6.45, 7) is 0.267. The van der Waals surface area contributed by atoms with E-state index in [1.54, 1.807) is 22.7 Å². The fourth-order valence-corrected chi connectivity index (χ4v) is 3.37. The zero-order valence-electron chi connectivity index (χ0n) is 13.8. The number of hydrogen-bond donors (Lipinski definition) is 2. The molecule has 7 heteroatoms. The largest absolute Gasteiger partial charge is 0.396 e. The van der Waals surface area contributed by atoms with Crippen molar-refractivity contribution in [3.63, 3.8) is 0 Å². The summed E-state index contributed by atoms with van der Waals surface area (Å²) in [5.41, 5.74) is 0.955. The highest BCUT2D eigenvalue weighted by Gasteiger charge is 2.21. The molecule has 0 radical (unpaired) electrons. The second kappa shape index (κ2) is 6.76. The first kappa shape index (κ1) is 16.0. The van der Waals surface area contributed by atoms with E-state index in [0.29, 0.717) is 29.0 Å². The van der Waals surface area contributed by atoms with Crippen LogP contribution in [0.1, 0.15) is 25.7 Å². The van der Waals surface area contributed by atoms with Crippen LogP contribution < -0.4 is 5.32 Å². The third-order valence-corrected chi connectivity index (χ3v) is 4.83. The summed E-state index contributed by atoms with van der Waals surface area (Å²) in [5.74, 6) is 1.18. The molecule has 0 saturated heterocycles. The van der Waals surface area contributed by atoms with E-state index in [9.17, 15) is 9.50 Å². The summed E-state index contributed by atoms with van der Waals surface area (Å²) in [5, 5.41) is 25.4. The fraction of sp³-hybridized carbons (Fsp3) is 0.389. The molecule has 4 rings (SSSR count). The van der Waals surface area contributed by atoms with Crippen molar-refractivity contribution in [3.8, 4) is 11.4 Å². The predicted octanol–water partition coefficient (Wildman–Crippen LogP) is 2.89. The number of nitrogens with one attached hydrogen (secondary N) is 1. The minimum absolute atomic E-state index is 0.267. The molecule has 0 amide bonds. The first-order valence-corrected chi connectivity index (χ1v) is 8.59. The second-order valence-electron chi connectivity index (χ2n) is 6.54. The van der Waals surface area contributed by atoms with Crippen molar-refractivity contribution >= 4 is 11.5 Å². The molecular formula is C18H20FN5O. The molecule has 1 aromatic carbocycles. The molecule has 25 heavy (non-hydrogen) atoms. The zero-order valence-corrected chi connectivity index (χ0v) is 13.8. The van der Waals surface area contributed by atoms with Gasteiger partial charge >= 0.3 is 0 Å². The lowest BCUT2D eigenvalue weighted by Crippen LogP contribution is -2.27. The molecule has 2 heterocycles. The van der Waals surface area contributed by atoms with Crippen LogP contribution >= 0.6 is 0 Å². The lowest BCUT2D eigenvalue weighted by molar-refractivity contribution is 0.185. The van der Waals surface area contributed by atoms with E-state index < -0.39 is 0 Å². The van der Waals surface area contributed by atoms with Gasteiger partial charge < -0.3 is 10.4 Å². The summed E-state index contributed by atoms with van der Waals surface area (Å²) in [7, 11) is 0. The number of fused-ring (bicyclic) bond motifs is 1. The van der Waals surface area contributed by atoms with Crippen LogP contribution in [-0.2, 0) is 0 Å². The first-order chi connectivity index (χ1) is 12.2. The highest BCUT2D eigenvalue weighted by molar-refractivity contribution is 5.60. The van der Waals surface area contributed by atoms with E-state index in [1.807, 2.05) is 12.1 Å². The molecule has 130 valence electrons. The molecule has 2 N–H and O–H groups in total. The quantitative estimate of drug-likeness (QED) is 0.763. The van der Waals surface area contributed by atoms with Gasteiger partial charge in [0.1, 0.15) is 11.6 Å². The minimum atomic E-state index is -0.348. The Morgan fingerprint density at radius 3 is 2.64 bits per heavy atom. The van der Waals surface area contributed by atoms with Crippen molar-refractivity contribution in [2.24, 2.45) is 5.92 Å². The number of aliphatic hydroxyl groups excluding tert-OH is 1. The van der Waals surface area contributed by atoms with Gasteiger partial charge in [0.15, 0.2) is 11.5 Å². The SMILES string of the molecule is OCC1CCC(Nc2ccc3nnc(-c4ccccc4F)n3n2)CC1. The van der Waals surface area contributed by atoms with Gasteiger partial charge in [-0.2, -0.15) is 4.52 Å². The summed E-state index contributed by atoms with van der Waals surface area (Å²) in [4.78, 5) is 0. The van der Waals surface area contributed by atoms with E-state index in [4.69, 9.17) is 0 Å². The Morgan fingerprint density at radius 2 is 1.88 bits per heavy atom. The first-order valence-electron chi connectivity index (χ1n) is 8.59. The van der Waals surface area contributed by atoms with E-state index in [-0.39, 0.29) is 12.4 Å². The smallest absolute Gasteiger partial charge is 0.188 e. The van der Waals surface area contributed by atoms with Gasteiger partial charge in [-0.1, -0.05) is 12.1 Å². The van der Waals surface area contributed by atoms with Gasteiger partial charge in [0.25, 0.3) is 0 Å². The molecule has 0 atom stereocenters. The monoisotopic (exact) mass is 341 g/mol. The van der Waals surface area contributed by atoms with E-state index >= 15 is 0 Å². The van der Waals surface area contributed by atoms with Gasteiger partial charge in [-0.25, -0.2) is 4.39 Å². The number of rotatable bonds is 4. The molecule has 2 aromatic heterocycles. The summed E-state index contributed by atoms with van der Waals surface area (Å²) >= 11 is 0. The van der Waals surface area contributed by atoms with Crippen LogP contribution in [0.3, 0.4) is 0 Å². The van der Waals surface area contributed by atoms with E-state index in [0.717, 1.165) is 31.5 Å². The van der Waals surface area contributed by atoms with Gasteiger partial charge in [0.05, 0.1) is 5.56 Å². The lowest BCUT2D eigenvalue weighted by atomic mass is 9.86. The predicted molar refractivity (Wildman–Crippen MR) is 92.6 cm³/mol. The molecule has 0 aliphatic heterocycles. The van der Waals surface area contributed by atoms with Crippen LogP contribution in [0.2, 0.25) is 0 Å². The molecule has 1 saturated carbocycles. The van der Waals surface area contributed by atoms with Crippen molar-refractivity contribution in [2.75, 3.05) is 11.9 Å². The van der Waals surface area contributed by atoms with Crippen molar-refractivity contribution in [1.29, 1.82) is 0 Å². The topological polar surface area (TPSA) is 75.3 Å². The van der Waals surface area contributed by atoms with Crippen LogP contribution in [0.15, 0.2) is 36.4 Å². The maximum Gasteiger partial charge on any atom is 0.188 e. The number of anilines is 1. The average molecular weight is 341 g/mol. The minimum Gasteiger partial charge on any atom is -0.396 e. The van der Waals surface area contributed by atoms with E-state index in [2.05, 4.69) is 20.6 Å². The molecule has 0 spiro atoms. The Hall–Kier alpha value is -2.54. The third-order valence-electron chi connectivity index (χ3n) is 4.83. The van der Waals surface area contributed by atoms with Gasteiger partial charge in [-0.15, -0.1) is 15.3 Å². The molecule has 3 aromatic rings. The Kier molecular flexibility index (Phi) is 4.31. The normalized spacial score (nSPS) is 20.7. The molecule has 0 unspecified atom stereocenters. The van der Waals surface area contributed by atoms with Crippen LogP contribution in [0.4, 0.5) is 10.2 Å². The number of halogens is 1. The molecule has 1 aliphatic rings. The van der Waals surface area contributed by atoms with Gasteiger partial charge in [-0.3, -0.25) is 0 Å². The Bertz CT molecular complexity index is 873. The van der Waals surface area contributed by atoms with Gasteiger partial charge in [-0.05, 0) is 55.9 Å². The second-order valence-corrected chi connectivity index (χ2v) is 6.54. The van der Waals surface area contributed by atoms with E-state index in [1.165, 1.54) is 6.07 Å². The molecular weight excluding hydrogens is 321 g/mol. The Labute approximate surface area is 144 Å². The van der Waals surface area contributed by atoms with Gasteiger partial charge in [0, 0.05) is 12.6 Å². The average Bonchev–Trinajstić information content (AvgIpc) is 3.06. The summed E-state index contributed by atoms with van der Waals surface area (Å²) < 4.78 is 15.6. The summed E-state index contributed by atoms with van der Waals surface area (Å²) in [6, 6.07) is 10.5. The fourth-order valence-electron chi connectivity index (χ4n) is 3.37. The van der Waals surface area contributed by atoms with Crippen LogP contribution in [0.5, 0.6) is 0 Å². The molecule has 0 bridgehead atoms. The lowest BCUT2D eigenvalue weighted by Gasteiger charge is -2.28. The number of benzene rings is 1. The zero-order chi connectivity index (χ0) is 17.2. The number of nitrogens with zero attached hydrogens (tertiary/aromatic N) is 4. The number of hydrogen-bond acceptors (Lipinski definition) is 5. The van der Waals surface area contributed by atoms with Crippen LogP contribution in [-0.4, -0.2) is 37.6 Å². The highest BCUT2D eigenvalue weighted by atomic mass is 19.1. The number of aliphatic hydroxyl groups is 1. The maximum absolute atomic E-state index is 14.1. The van der Waals surface area contributed by atoms with Crippen molar-refractivity contribution < 1.29 is 9.50 Å². The molecule has 1 fully saturated rings. The Morgan fingerprint density at radius 1 is 1.08 bits per heavy atom. The van der Waals surface area contributed by atoms with Gasteiger partial charge in [0.2, 0.25) is 0 Å². The number of aromatic nitrogens is 4. The van der Waals surface area contributed by atoms with Crippen molar-refractivity contribution in [3.05, 3.63) is 42.2 Å². The standard InChI is InChI=1S/C18H20FN5O/c19-15-4-2-1-3-14(15)18-22-21-17-10-9-16(23-24(17)18)20-13-7-5-12(11-25)6-8-13/h1-4,9-10,12-13,25H,5-8,11H2,(H,20,23).